The molecule has 1 unspecified atom stereocenters. The summed E-state index contributed by atoms with van der Waals surface area (Å²) in [6.07, 6.45) is 1.49. The van der Waals surface area contributed by atoms with Crippen LogP contribution in [0.4, 0.5) is 11.4 Å². The largest absolute Gasteiger partial charge is 0.494 e. The Bertz CT molecular complexity index is 953. The van der Waals surface area contributed by atoms with Crippen LogP contribution in [0.3, 0.4) is 0 Å². The molecule has 0 saturated carbocycles. The van der Waals surface area contributed by atoms with Gasteiger partial charge >= 0.3 is 0 Å². The van der Waals surface area contributed by atoms with Crippen LogP contribution in [0.2, 0.25) is 0 Å². The van der Waals surface area contributed by atoms with Gasteiger partial charge in [-0.25, -0.2) is 0 Å². The maximum absolute atomic E-state index is 13.0. The first-order valence-corrected chi connectivity index (χ1v) is 11.2. The third-order valence-electron chi connectivity index (χ3n) is 6.15. The number of piperidine rings is 1. The summed E-state index contributed by atoms with van der Waals surface area (Å²) in [7, 11) is 0. The predicted octanol–water partition coefficient (Wildman–Crippen LogP) is 3.32. The summed E-state index contributed by atoms with van der Waals surface area (Å²) >= 11 is 0. The topological polar surface area (TPSA) is 79.0 Å². The second-order valence-electron chi connectivity index (χ2n) is 8.29. The molecule has 0 aromatic heterocycles. The first-order chi connectivity index (χ1) is 15.5. The maximum Gasteiger partial charge on any atom is 0.228 e. The normalized spacial score (nSPS) is 19.2. The molecule has 2 heterocycles. The highest BCUT2D eigenvalue weighted by Crippen LogP contribution is 2.28. The van der Waals surface area contributed by atoms with Crippen LogP contribution >= 0.6 is 0 Å². The molecule has 2 aliphatic heterocycles. The smallest absolute Gasteiger partial charge is 0.228 e. The quantitative estimate of drug-likeness (QED) is 0.755. The number of ether oxygens (including phenoxy) is 1. The van der Waals surface area contributed by atoms with Crippen LogP contribution in [0.25, 0.3) is 0 Å². The molecule has 2 aliphatic rings. The first-order valence-electron chi connectivity index (χ1n) is 11.2. The molecule has 1 atom stereocenters. The van der Waals surface area contributed by atoms with E-state index in [1.165, 1.54) is 0 Å². The fraction of sp³-hybridized carbons (Fsp3) is 0.400. The highest BCUT2D eigenvalue weighted by molar-refractivity contribution is 6.00. The Hall–Kier alpha value is -3.35. The Labute approximate surface area is 188 Å². The lowest BCUT2D eigenvalue weighted by molar-refractivity contribution is -0.138. The van der Waals surface area contributed by atoms with Crippen molar-refractivity contribution in [1.29, 1.82) is 0 Å². The van der Waals surface area contributed by atoms with Gasteiger partial charge in [-0.05, 0) is 56.2 Å². The fourth-order valence-electron chi connectivity index (χ4n) is 4.40. The average Bonchev–Trinajstić information content (AvgIpc) is 3.22. The SMILES string of the molecule is CCOc1ccc(NC(=O)C2CCN(C(=O)C3CC(=O)N(c4ccccc4)C3)CC2)cc1. The van der Waals surface area contributed by atoms with Gasteiger partial charge in [0.15, 0.2) is 0 Å². The average molecular weight is 436 g/mol. The Kier molecular flexibility index (Phi) is 6.73. The van der Waals surface area contributed by atoms with Gasteiger partial charge in [0, 0.05) is 43.3 Å². The van der Waals surface area contributed by atoms with Crippen LogP contribution in [0.1, 0.15) is 26.2 Å². The number of hydrogen-bond donors (Lipinski definition) is 1. The van der Waals surface area contributed by atoms with E-state index in [9.17, 15) is 14.4 Å². The van der Waals surface area contributed by atoms with Gasteiger partial charge in [-0.15, -0.1) is 0 Å². The van der Waals surface area contributed by atoms with Crippen LogP contribution in [0, 0.1) is 11.8 Å². The lowest BCUT2D eigenvalue weighted by atomic mass is 9.94. The molecular weight excluding hydrogens is 406 g/mol. The highest BCUT2D eigenvalue weighted by Gasteiger charge is 2.38. The highest BCUT2D eigenvalue weighted by atomic mass is 16.5. The van der Waals surface area contributed by atoms with Crippen molar-refractivity contribution < 1.29 is 19.1 Å². The Morgan fingerprint density at radius 2 is 1.69 bits per heavy atom. The van der Waals surface area contributed by atoms with Crippen molar-refractivity contribution in [2.75, 3.05) is 36.5 Å². The van der Waals surface area contributed by atoms with E-state index in [0.29, 0.717) is 39.1 Å². The van der Waals surface area contributed by atoms with Gasteiger partial charge in [-0.2, -0.15) is 0 Å². The molecule has 3 amide bonds. The lowest BCUT2D eigenvalue weighted by Gasteiger charge is -2.33. The molecule has 1 N–H and O–H groups in total. The molecule has 2 fully saturated rings. The van der Waals surface area contributed by atoms with Gasteiger partial charge in [0.05, 0.1) is 12.5 Å². The van der Waals surface area contributed by atoms with Crippen LogP contribution < -0.4 is 15.0 Å². The van der Waals surface area contributed by atoms with E-state index >= 15 is 0 Å². The van der Waals surface area contributed by atoms with Gasteiger partial charge in [0.2, 0.25) is 17.7 Å². The van der Waals surface area contributed by atoms with Crippen molar-refractivity contribution >= 4 is 29.1 Å². The zero-order valence-corrected chi connectivity index (χ0v) is 18.3. The Balaban J connectivity index is 1.27. The molecular formula is C25H29N3O4. The van der Waals surface area contributed by atoms with E-state index in [4.69, 9.17) is 4.74 Å². The molecule has 32 heavy (non-hydrogen) atoms. The number of nitrogens with one attached hydrogen (secondary N) is 1. The predicted molar refractivity (Wildman–Crippen MR) is 122 cm³/mol. The summed E-state index contributed by atoms with van der Waals surface area (Å²) < 4.78 is 5.42. The zero-order valence-electron chi connectivity index (χ0n) is 18.3. The number of rotatable bonds is 6. The summed E-state index contributed by atoms with van der Waals surface area (Å²) in [5, 5.41) is 2.96. The molecule has 7 heteroatoms. The van der Waals surface area contributed by atoms with Crippen LogP contribution in [-0.4, -0.2) is 48.9 Å². The van der Waals surface area contributed by atoms with E-state index in [-0.39, 0.29) is 36.0 Å². The van der Waals surface area contributed by atoms with Crippen LogP contribution in [-0.2, 0) is 14.4 Å². The summed E-state index contributed by atoms with van der Waals surface area (Å²) in [5.74, 6) is 0.302. The van der Waals surface area contributed by atoms with E-state index in [1.807, 2.05) is 66.4 Å². The second kappa shape index (κ2) is 9.85. The van der Waals surface area contributed by atoms with Crippen LogP contribution in [0.5, 0.6) is 5.75 Å². The van der Waals surface area contributed by atoms with Crippen molar-refractivity contribution in [3.63, 3.8) is 0 Å². The van der Waals surface area contributed by atoms with Crippen LogP contribution in [0.15, 0.2) is 54.6 Å². The third kappa shape index (κ3) is 4.93. The van der Waals surface area contributed by atoms with Crippen molar-refractivity contribution in [1.82, 2.24) is 4.90 Å². The second-order valence-corrected chi connectivity index (χ2v) is 8.29. The molecule has 2 aromatic rings. The number of para-hydroxylation sites is 1. The van der Waals surface area contributed by atoms with E-state index in [0.717, 1.165) is 17.1 Å². The van der Waals surface area contributed by atoms with Gasteiger partial charge in [-0.3, -0.25) is 14.4 Å². The molecule has 7 nitrogen and oxygen atoms in total. The van der Waals surface area contributed by atoms with Gasteiger partial charge in [0.25, 0.3) is 0 Å². The number of carbonyl (C=O) groups excluding carboxylic acids is 3. The zero-order chi connectivity index (χ0) is 22.5. The van der Waals surface area contributed by atoms with Crippen molar-refractivity contribution in [2.45, 2.75) is 26.2 Å². The molecule has 0 bridgehead atoms. The molecule has 0 radical (unpaired) electrons. The molecule has 2 saturated heterocycles. The molecule has 4 rings (SSSR count). The van der Waals surface area contributed by atoms with Gasteiger partial charge in [0.1, 0.15) is 5.75 Å². The van der Waals surface area contributed by atoms with Gasteiger partial charge in [-0.1, -0.05) is 18.2 Å². The number of nitrogens with zero attached hydrogens (tertiary/aromatic N) is 2. The third-order valence-corrected chi connectivity index (χ3v) is 6.15. The minimum Gasteiger partial charge on any atom is -0.494 e. The van der Waals surface area contributed by atoms with E-state index in [1.54, 1.807) is 4.90 Å². The molecule has 0 aliphatic carbocycles. The monoisotopic (exact) mass is 435 g/mol. The lowest BCUT2D eigenvalue weighted by Crippen LogP contribution is -2.44. The number of hydrogen-bond acceptors (Lipinski definition) is 4. The minimum atomic E-state index is -0.322. The number of anilines is 2. The van der Waals surface area contributed by atoms with E-state index < -0.39 is 0 Å². The fourth-order valence-corrected chi connectivity index (χ4v) is 4.40. The van der Waals surface area contributed by atoms with Crippen molar-refractivity contribution in [3.05, 3.63) is 54.6 Å². The maximum atomic E-state index is 13.0. The Morgan fingerprint density at radius 1 is 1.00 bits per heavy atom. The Morgan fingerprint density at radius 3 is 2.34 bits per heavy atom. The van der Waals surface area contributed by atoms with Crippen molar-refractivity contribution in [2.24, 2.45) is 11.8 Å². The minimum absolute atomic E-state index is 0.0147. The number of likely N-dealkylation sites (tertiary alicyclic amines) is 1. The summed E-state index contributed by atoms with van der Waals surface area (Å²) in [6, 6.07) is 16.8. The summed E-state index contributed by atoms with van der Waals surface area (Å²) in [6.45, 7) is 4.02. The van der Waals surface area contributed by atoms with Crippen molar-refractivity contribution in [3.8, 4) is 5.75 Å². The summed E-state index contributed by atoms with van der Waals surface area (Å²) in [5.41, 5.74) is 1.57. The first kappa shape index (κ1) is 21.9. The molecule has 0 spiro atoms. The number of amides is 3. The standard InChI is InChI=1S/C25H29N3O4/c1-2-32-22-10-8-20(9-11-22)26-24(30)18-12-14-27(15-13-18)25(31)19-16-23(29)28(17-19)21-6-4-3-5-7-21/h3-11,18-19H,2,12-17H2,1H3,(H,26,30). The number of carbonyl (C=O) groups is 3. The number of benzene rings is 2. The molecule has 168 valence electrons. The summed E-state index contributed by atoms with van der Waals surface area (Å²) in [4.78, 5) is 41.6. The van der Waals surface area contributed by atoms with E-state index in [2.05, 4.69) is 5.32 Å². The molecule has 2 aromatic carbocycles. The van der Waals surface area contributed by atoms with Gasteiger partial charge < -0.3 is 19.9 Å².